The van der Waals surface area contributed by atoms with Gasteiger partial charge < -0.3 is 20.3 Å². The first-order valence-corrected chi connectivity index (χ1v) is 12.4. The Bertz CT molecular complexity index is 829. The van der Waals surface area contributed by atoms with Crippen molar-refractivity contribution in [1.29, 1.82) is 0 Å². The molecule has 192 valence electrons. The molecule has 3 atom stereocenters. The lowest BCUT2D eigenvalue weighted by atomic mass is 9.96. The zero-order valence-corrected chi connectivity index (χ0v) is 22.7. The van der Waals surface area contributed by atoms with Gasteiger partial charge in [0.15, 0.2) is 0 Å². The lowest BCUT2D eigenvalue weighted by molar-refractivity contribution is -0.145. The van der Waals surface area contributed by atoms with Crippen LogP contribution < -0.4 is 10.6 Å². The summed E-state index contributed by atoms with van der Waals surface area (Å²) in [7, 11) is 0. The molecule has 0 saturated heterocycles. The van der Waals surface area contributed by atoms with Gasteiger partial charge in [0.25, 0.3) is 0 Å². The molecule has 0 heterocycles. The van der Waals surface area contributed by atoms with Crippen LogP contribution in [0.1, 0.15) is 92.3 Å². The number of alkyl carbamates (subject to hydrolysis) is 1. The van der Waals surface area contributed by atoms with Crippen LogP contribution in [0, 0.1) is 12.8 Å². The van der Waals surface area contributed by atoms with Crippen molar-refractivity contribution in [2.75, 3.05) is 0 Å². The Kier molecular flexibility index (Phi) is 11.1. The van der Waals surface area contributed by atoms with E-state index in [9.17, 15) is 14.4 Å². The molecule has 0 spiro atoms. The van der Waals surface area contributed by atoms with E-state index in [-0.39, 0.29) is 29.8 Å². The average Bonchev–Trinajstić information content (AvgIpc) is 2.67. The highest BCUT2D eigenvalue weighted by Crippen LogP contribution is 2.27. The van der Waals surface area contributed by atoms with Crippen molar-refractivity contribution < 1.29 is 19.1 Å². The van der Waals surface area contributed by atoms with E-state index in [0.717, 1.165) is 24.0 Å². The summed E-state index contributed by atoms with van der Waals surface area (Å²) in [4.78, 5) is 41.6. The van der Waals surface area contributed by atoms with Crippen LogP contribution in [0.5, 0.6) is 0 Å². The van der Waals surface area contributed by atoms with Gasteiger partial charge in [-0.05, 0) is 66.4 Å². The van der Waals surface area contributed by atoms with Crippen LogP contribution in [0.2, 0.25) is 0 Å². The summed E-state index contributed by atoms with van der Waals surface area (Å²) in [6.45, 7) is 18.8. The third-order valence-electron chi connectivity index (χ3n) is 5.41. The number of rotatable bonds is 10. The fourth-order valence-electron chi connectivity index (χ4n) is 3.89. The van der Waals surface area contributed by atoms with E-state index in [1.165, 1.54) is 0 Å². The van der Waals surface area contributed by atoms with E-state index in [1.807, 2.05) is 65.8 Å². The largest absolute Gasteiger partial charge is 0.444 e. The number of hydrogen-bond acceptors (Lipinski definition) is 4. The van der Waals surface area contributed by atoms with Crippen molar-refractivity contribution in [2.45, 2.75) is 112 Å². The van der Waals surface area contributed by atoms with E-state index in [1.54, 1.807) is 25.7 Å². The highest BCUT2D eigenvalue weighted by molar-refractivity contribution is 5.92. The van der Waals surface area contributed by atoms with E-state index < -0.39 is 23.8 Å². The third-order valence-corrected chi connectivity index (χ3v) is 5.41. The predicted molar refractivity (Wildman–Crippen MR) is 136 cm³/mol. The van der Waals surface area contributed by atoms with Crippen LogP contribution in [0.25, 0.3) is 0 Å². The highest BCUT2D eigenvalue weighted by Gasteiger charge is 2.39. The SMILES string of the molecule is CCCC(C)NC(=O)C(c1cccc(C)c1)N(C(=O)C(NC(=O)OC(C)(C)C)C(C)C)C(C)C. The van der Waals surface area contributed by atoms with Gasteiger partial charge in [0.05, 0.1) is 0 Å². The van der Waals surface area contributed by atoms with Gasteiger partial charge in [0.1, 0.15) is 17.7 Å². The number of carbonyl (C=O) groups is 3. The Hall–Kier alpha value is -2.57. The normalized spacial score (nSPS) is 14.4. The molecule has 1 rings (SSSR count). The predicted octanol–water partition coefficient (Wildman–Crippen LogP) is 5.13. The monoisotopic (exact) mass is 475 g/mol. The fourth-order valence-corrected chi connectivity index (χ4v) is 3.89. The molecule has 34 heavy (non-hydrogen) atoms. The second-order valence-electron chi connectivity index (χ2n) is 10.7. The lowest BCUT2D eigenvalue weighted by Crippen LogP contribution is -2.57. The van der Waals surface area contributed by atoms with Crippen molar-refractivity contribution in [3.63, 3.8) is 0 Å². The fraction of sp³-hybridized carbons (Fsp3) is 0.667. The Morgan fingerprint density at radius 1 is 1.03 bits per heavy atom. The average molecular weight is 476 g/mol. The van der Waals surface area contributed by atoms with Crippen LogP contribution in [0.15, 0.2) is 24.3 Å². The van der Waals surface area contributed by atoms with Gasteiger partial charge in [-0.1, -0.05) is 57.0 Å². The smallest absolute Gasteiger partial charge is 0.408 e. The minimum atomic E-state index is -0.842. The van der Waals surface area contributed by atoms with E-state index in [2.05, 4.69) is 17.6 Å². The number of carbonyl (C=O) groups excluding carboxylic acids is 3. The number of hydrogen-bond donors (Lipinski definition) is 2. The number of nitrogens with zero attached hydrogens (tertiary/aromatic N) is 1. The third kappa shape index (κ3) is 8.99. The molecule has 3 unspecified atom stereocenters. The van der Waals surface area contributed by atoms with Crippen molar-refractivity contribution in [2.24, 2.45) is 5.92 Å². The van der Waals surface area contributed by atoms with E-state index >= 15 is 0 Å². The molecule has 0 aliphatic carbocycles. The van der Waals surface area contributed by atoms with Crippen molar-refractivity contribution in [3.05, 3.63) is 35.4 Å². The first kappa shape index (κ1) is 29.5. The molecule has 7 nitrogen and oxygen atoms in total. The lowest BCUT2D eigenvalue weighted by Gasteiger charge is -2.38. The van der Waals surface area contributed by atoms with Crippen molar-refractivity contribution in [1.82, 2.24) is 15.5 Å². The minimum Gasteiger partial charge on any atom is -0.444 e. The van der Waals surface area contributed by atoms with Crippen molar-refractivity contribution in [3.8, 4) is 0 Å². The quantitative estimate of drug-likeness (QED) is 0.491. The Morgan fingerprint density at radius 2 is 1.65 bits per heavy atom. The van der Waals surface area contributed by atoms with E-state index in [4.69, 9.17) is 4.74 Å². The first-order valence-electron chi connectivity index (χ1n) is 12.4. The summed E-state index contributed by atoms with van der Waals surface area (Å²) in [5.41, 5.74) is 1.05. The highest BCUT2D eigenvalue weighted by atomic mass is 16.6. The molecular weight excluding hydrogens is 430 g/mol. The molecule has 0 aromatic heterocycles. The van der Waals surface area contributed by atoms with E-state index in [0.29, 0.717) is 0 Å². The van der Waals surface area contributed by atoms with Gasteiger partial charge in [-0.25, -0.2) is 4.79 Å². The number of amides is 3. The molecule has 0 saturated carbocycles. The van der Waals surface area contributed by atoms with Gasteiger partial charge in [-0.3, -0.25) is 9.59 Å². The maximum Gasteiger partial charge on any atom is 0.408 e. The molecule has 0 radical (unpaired) electrons. The minimum absolute atomic E-state index is 0.0188. The summed E-state index contributed by atoms with van der Waals surface area (Å²) in [6, 6.07) is 5.68. The molecule has 1 aromatic carbocycles. The number of nitrogens with one attached hydrogen (secondary N) is 2. The summed E-state index contributed by atoms with van der Waals surface area (Å²) >= 11 is 0. The molecule has 3 amide bonds. The molecule has 0 bridgehead atoms. The molecule has 2 N–H and O–H groups in total. The topological polar surface area (TPSA) is 87.7 Å². The van der Waals surface area contributed by atoms with Gasteiger partial charge in [-0.15, -0.1) is 0 Å². The second-order valence-corrected chi connectivity index (χ2v) is 10.7. The molecule has 7 heteroatoms. The number of ether oxygens (including phenoxy) is 1. The van der Waals surface area contributed by atoms with Gasteiger partial charge in [0.2, 0.25) is 11.8 Å². The summed E-state index contributed by atoms with van der Waals surface area (Å²) < 4.78 is 5.40. The number of benzene rings is 1. The van der Waals surface area contributed by atoms with Gasteiger partial charge in [0, 0.05) is 12.1 Å². The summed E-state index contributed by atoms with van der Waals surface area (Å²) in [5.74, 6) is -0.754. The van der Waals surface area contributed by atoms with Crippen LogP contribution >= 0.6 is 0 Å². The first-order chi connectivity index (χ1) is 15.7. The molecule has 1 aromatic rings. The Labute approximate surface area is 206 Å². The maximum absolute atomic E-state index is 13.9. The molecule has 0 fully saturated rings. The van der Waals surface area contributed by atoms with Crippen LogP contribution in [-0.2, 0) is 14.3 Å². The van der Waals surface area contributed by atoms with Crippen LogP contribution in [-0.4, -0.2) is 46.5 Å². The summed E-state index contributed by atoms with van der Waals surface area (Å²) in [5, 5.41) is 5.83. The zero-order valence-electron chi connectivity index (χ0n) is 22.7. The summed E-state index contributed by atoms with van der Waals surface area (Å²) in [6.07, 6.45) is 1.13. The maximum atomic E-state index is 13.9. The Balaban J connectivity index is 3.43. The Morgan fingerprint density at radius 3 is 2.12 bits per heavy atom. The number of aryl methyl sites for hydroxylation is 1. The van der Waals surface area contributed by atoms with Gasteiger partial charge >= 0.3 is 6.09 Å². The van der Waals surface area contributed by atoms with Crippen LogP contribution in [0.4, 0.5) is 4.79 Å². The van der Waals surface area contributed by atoms with Crippen LogP contribution in [0.3, 0.4) is 0 Å². The molecule has 0 aliphatic rings. The van der Waals surface area contributed by atoms with Gasteiger partial charge in [-0.2, -0.15) is 0 Å². The zero-order chi connectivity index (χ0) is 26.2. The molecule has 0 aliphatic heterocycles. The molecular formula is C27H45N3O4. The van der Waals surface area contributed by atoms with Crippen molar-refractivity contribution >= 4 is 17.9 Å². The standard InChI is InChI=1S/C27H45N3O4/c1-11-13-20(7)28-24(31)23(21-15-12-14-19(6)16-21)30(18(4)5)25(32)22(17(2)3)29-26(33)34-27(8,9)10/h12,14-18,20,22-23H,11,13H2,1-10H3,(H,28,31)(H,29,33). The second kappa shape index (κ2) is 12.8.